The van der Waals surface area contributed by atoms with Crippen LogP contribution in [0.5, 0.6) is 5.75 Å². The van der Waals surface area contributed by atoms with Crippen molar-refractivity contribution in [1.82, 2.24) is 4.98 Å². The van der Waals surface area contributed by atoms with Crippen LogP contribution >= 0.6 is 0 Å². The van der Waals surface area contributed by atoms with Crippen molar-refractivity contribution >= 4 is 5.97 Å². The summed E-state index contributed by atoms with van der Waals surface area (Å²) in [6, 6.07) is 25.6. The summed E-state index contributed by atoms with van der Waals surface area (Å²) in [5, 5.41) is 8.96. The summed E-state index contributed by atoms with van der Waals surface area (Å²) in [6.07, 6.45) is 2.50. The number of nitrogens with zero attached hydrogens (tertiary/aromatic N) is 1. The maximum Gasteiger partial charge on any atom is 0.341 e. The number of ether oxygens (including phenoxy) is 2. The van der Waals surface area contributed by atoms with Crippen LogP contribution in [0.25, 0.3) is 22.6 Å². The predicted octanol–water partition coefficient (Wildman–Crippen LogP) is 6.07. The summed E-state index contributed by atoms with van der Waals surface area (Å²) in [5.74, 6) is 0.859. The number of carboxylic acids is 1. The number of fused-ring (bicyclic) bond motifs is 1. The fourth-order valence-corrected chi connectivity index (χ4v) is 4.39. The van der Waals surface area contributed by atoms with Crippen molar-refractivity contribution in [2.24, 2.45) is 0 Å². The molecule has 5 rings (SSSR count). The van der Waals surface area contributed by atoms with Gasteiger partial charge in [-0.2, -0.15) is 0 Å². The Labute approximate surface area is 197 Å². The van der Waals surface area contributed by atoms with E-state index in [4.69, 9.17) is 24.0 Å². The van der Waals surface area contributed by atoms with E-state index in [9.17, 15) is 4.79 Å². The molecule has 6 nitrogen and oxygen atoms in total. The van der Waals surface area contributed by atoms with Gasteiger partial charge >= 0.3 is 5.97 Å². The molecule has 0 bridgehead atoms. The molecule has 0 saturated carbocycles. The van der Waals surface area contributed by atoms with Crippen LogP contribution in [0.1, 0.15) is 36.0 Å². The average molecular weight is 456 g/mol. The largest absolute Gasteiger partial charge is 0.482 e. The summed E-state index contributed by atoms with van der Waals surface area (Å²) < 4.78 is 18.0. The molecule has 1 aliphatic rings. The van der Waals surface area contributed by atoms with E-state index in [2.05, 4.69) is 0 Å². The predicted molar refractivity (Wildman–Crippen MR) is 127 cm³/mol. The molecule has 1 N–H and O–H groups in total. The van der Waals surface area contributed by atoms with Crippen LogP contribution in [-0.2, 0) is 22.6 Å². The van der Waals surface area contributed by atoms with Crippen molar-refractivity contribution in [3.05, 3.63) is 95.9 Å². The number of carboxylic acid groups (broad SMARTS) is 1. The number of rotatable bonds is 8. The lowest BCUT2D eigenvalue weighted by atomic mass is 9.88. The molecule has 34 heavy (non-hydrogen) atoms. The molecule has 0 radical (unpaired) electrons. The lowest BCUT2D eigenvalue weighted by molar-refractivity contribution is -0.139. The van der Waals surface area contributed by atoms with E-state index in [1.807, 2.05) is 78.9 Å². The smallest absolute Gasteiger partial charge is 0.341 e. The van der Waals surface area contributed by atoms with E-state index >= 15 is 0 Å². The summed E-state index contributed by atoms with van der Waals surface area (Å²) in [6.45, 7) is -0.125. The molecule has 0 spiro atoms. The minimum atomic E-state index is -0.992. The maximum absolute atomic E-state index is 10.9. The van der Waals surface area contributed by atoms with E-state index in [1.54, 1.807) is 0 Å². The average Bonchev–Trinajstić information content (AvgIpc) is 3.31. The highest BCUT2D eigenvalue weighted by Gasteiger charge is 2.25. The lowest BCUT2D eigenvalue weighted by Gasteiger charge is -2.26. The molecule has 1 atom stereocenters. The second kappa shape index (κ2) is 9.93. The first-order valence-corrected chi connectivity index (χ1v) is 11.4. The Morgan fingerprint density at radius 3 is 2.44 bits per heavy atom. The number of aliphatic carboxylic acids is 1. The first kappa shape index (κ1) is 21.9. The summed E-state index contributed by atoms with van der Waals surface area (Å²) in [4.78, 5) is 15.7. The van der Waals surface area contributed by atoms with Crippen LogP contribution in [0, 0.1) is 0 Å². The highest BCUT2D eigenvalue weighted by molar-refractivity contribution is 5.76. The number of carbonyl (C=O) groups is 1. The molecular weight excluding hydrogens is 430 g/mol. The fraction of sp³-hybridized carbons (Fsp3) is 0.214. The summed E-state index contributed by atoms with van der Waals surface area (Å²) >= 11 is 0. The highest BCUT2D eigenvalue weighted by Crippen LogP contribution is 2.38. The molecule has 1 aromatic heterocycles. The Morgan fingerprint density at radius 2 is 1.71 bits per heavy atom. The zero-order valence-electron chi connectivity index (χ0n) is 18.6. The molecule has 6 heteroatoms. The standard InChI is InChI=1S/C28H25NO5/c30-26(31)18-33-24-16-8-13-21-22(24)14-7-15-23(21)32-17-25-29-27(19-9-3-1-4-10-19)28(34-25)20-11-5-2-6-12-20/h1-6,8-13,16,23H,7,14-15,17-18H2,(H,30,31)/t23-/m1/s1. The topological polar surface area (TPSA) is 81.8 Å². The molecule has 0 saturated heterocycles. The van der Waals surface area contributed by atoms with Crippen LogP contribution in [-0.4, -0.2) is 22.7 Å². The monoisotopic (exact) mass is 455 g/mol. The van der Waals surface area contributed by atoms with Gasteiger partial charge in [-0.3, -0.25) is 0 Å². The molecule has 0 amide bonds. The molecule has 1 aliphatic carbocycles. The number of hydrogen-bond acceptors (Lipinski definition) is 5. The van der Waals surface area contributed by atoms with Gasteiger partial charge in [0.15, 0.2) is 12.4 Å². The molecule has 0 aliphatic heterocycles. The van der Waals surface area contributed by atoms with Crippen LogP contribution in [0.2, 0.25) is 0 Å². The SMILES string of the molecule is O=C(O)COc1cccc2c1CCC[C@H]2OCc1nc(-c2ccccc2)c(-c2ccccc2)o1. The minimum Gasteiger partial charge on any atom is -0.482 e. The number of oxazole rings is 1. The number of hydrogen-bond donors (Lipinski definition) is 1. The first-order chi connectivity index (χ1) is 16.7. The second-order valence-electron chi connectivity index (χ2n) is 8.22. The van der Waals surface area contributed by atoms with Crippen LogP contribution in [0.3, 0.4) is 0 Å². The fourth-order valence-electron chi connectivity index (χ4n) is 4.39. The van der Waals surface area contributed by atoms with Gasteiger partial charge in [-0.25, -0.2) is 9.78 Å². The van der Waals surface area contributed by atoms with Gasteiger partial charge in [0.1, 0.15) is 18.1 Å². The van der Waals surface area contributed by atoms with E-state index in [0.717, 1.165) is 53.0 Å². The molecular formula is C28H25NO5. The van der Waals surface area contributed by atoms with Crippen LogP contribution in [0.4, 0.5) is 0 Å². The summed E-state index contributed by atoms with van der Waals surface area (Å²) in [7, 11) is 0. The van der Waals surface area contributed by atoms with Gasteiger partial charge in [-0.15, -0.1) is 0 Å². The van der Waals surface area contributed by atoms with Gasteiger partial charge in [-0.05, 0) is 36.5 Å². The van der Waals surface area contributed by atoms with Gasteiger partial charge in [0.25, 0.3) is 0 Å². The third kappa shape index (κ3) is 4.72. The number of benzene rings is 3. The summed E-state index contributed by atoms with van der Waals surface area (Å²) in [5.41, 5.74) is 4.79. The van der Waals surface area contributed by atoms with E-state index < -0.39 is 5.97 Å². The molecule has 172 valence electrons. The highest BCUT2D eigenvalue weighted by atomic mass is 16.5. The second-order valence-corrected chi connectivity index (χ2v) is 8.22. The van der Waals surface area contributed by atoms with Crippen LogP contribution < -0.4 is 4.74 Å². The molecule has 1 heterocycles. The molecule has 0 unspecified atom stereocenters. The third-order valence-corrected chi connectivity index (χ3v) is 5.92. The molecule has 4 aromatic rings. The van der Waals surface area contributed by atoms with Crippen molar-refractivity contribution in [2.45, 2.75) is 32.0 Å². The quantitative estimate of drug-likeness (QED) is 0.347. The molecule has 3 aromatic carbocycles. The third-order valence-electron chi connectivity index (χ3n) is 5.92. The minimum absolute atomic E-state index is 0.135. The van der Waals surface area contributed by atoms with Crippen LogP contribution in [0.15, 0.2) is 83.3 Å². The Balaban J connectivity index is 1.39. The Hall–Kier alpha value is -3.90. The van der Waals surface area contributed by atoms with Crippen molar-refractivity contribution in [3.63, 3.8) is 0 Å². The van der Waals surface area contributed by atoms with E-state index in [1.165, 1.54) is 0 Å². The number of aromatic nitrogens is 1. The maximum atomic E-state index is 10.9. The van der Waals surface area contributed by atoms with Gasteiger partial charge in [0, 0.05) is 11.1 Å². The van der Waals surface area contributed by atoms with Crippen molar-refractivity contribution in [3.8, 4) is 28.3 Å². The zero-order valence-corrected chi connectivity index (χ0v) is 18.6. The van der Waals surface area contributed by atoms with Gasteiger partial charge in [0.2, 0.25) is 5.89 Å². The van der Waals surface area contributed by atoms with E-state index in [-0.39, 0.29) is 19.3 Å². The van der Waals surface area contributed by atoms with E-state index in [0.29, 0.717) is 11.6 Å². The van der Waals surface area contributed by atoms with Gasteiger partial charge in [-0.1, -0.05) is 72.8 Å². The van der Waals surface area contributed by atoms with Crippen molar-refractivity contribution < 1.29 is 23.8 Å². The Kier molecular flexibility index (Phi) is 6.40. The normalized spacial score (nSPS) is 15.0. The zero-order chi connectivity index (χ0) is 23.3. The van der Waals surface area contributed by atoms with Gasteiger partial charge in [0.05, 0.1) is 6.10 Å². The first-order valence-electron chi connectivity index (χ1n) is 11.4. The Morgan fingerprint density at radius 1 is 0.971 bits per heavy atom. The van der Waals surface area contributed by atoms with Crippen molar-refractivity contribution in [1.29, 1.82) is 0 Å². The van der Waals surface area contributed by atoms with Gasteiger partial charge < -0.3 is 19.0 Å². The lowest BCUT2D eigenvalue weighted by Crippen LogP contribution is -2.16. The van der Waals surface area contributed by atoms with Crippen molar-refractivity contribution in [2.75, 3.05) is 6.61 Å². The molecule has 0 fully saturated rings. The Bertz CT molecular complexity index is 1210.